The number of piperidine rings is 1. The quantitative estimate of drug-likeness (QED) is 0.843. The fourth-order valence-corrected chi connectivity index (χ4v) is 2.51. The second-order valence-electron chi connectivity index (χ2n) is 5.21. The monoisotopic (exact) mass is 248 g/mol. The average Bonchev–Trinajstić information content (AvgIpc) is 3.23. The van der Waals surface area contributed by atoms with Gasteiger partial charge in [-0.15, -0.1) is 0 Å². The molecule has 5 nitrogen and oxygen atoms in total. The van der Waals surface area contributed by atoms with Crippen LogP contribution in [0, 0.1) is 0 Å². The number of aliphatic hydroxyl groups excluding tert-OH is 1. The number of rotatable bonds is 4. The van der Waals surface area contributed by atoms with E-state index in [1.54, 1.807) is 6.33 Å². The second kappa shape index (κ2) is 5.10. The average molecular weight is 248 g/mol. The molecule has 1 aromatic heterocycles. The molecule has 0 aromatic carbocycles. The van der Waals surface area contributed by atoms with Gasteiger partial charge in [-0.2, -0.15) is 0 Å². The van der Waals surface area contributed by atoms with Crippen molar-refractivity contribution in [3.05, 3.63) is 12.4 Å². The molecule has 5 heteroatoms. The largest absolute Gasteiger partial charge is 0.394 e. The summed E-state index contributed by atoms with van der Waals surface area (Å²) in [5.41, 5.74) is 0. The summed E-state index contributed by atoms with van der Waals surface area (Å²) in [6.07, 6.45) is 7.51. The summed E-state index contributed by atoms with van der Waals surface area (Å²) in [4.78, 5) is 10.8. The molecule has 3 rings (SSSR count). The van der Waals surface area contributed by atoms with Crippen LogP contribution in [-0.2, 0) is 0 Å². The minimum atomic E-state index is 0.204. The van der Waals surface area contributed by atoms with E-state index in [-0.39, 0.29) is 12.6 Å². The van der Waals surface area contributed by atoms with E-state index in [2.05, 4.69) is 20.2 Å². The zero-order valence-corrected chi connectivity index (χ0v) is 10.5. The number of nitrogens with one attached hydrogen (secondary N) is 1. The number of aliphatic hydroxyl groups is 1. The maximum absolute atomic E-state index is 9.45. The highest BCUT2D eigenvalue weighted by atomic mass is 16.3. The van der Waals surface area contributed by atoms with Gasteiger partial charge < -0.3 is 15.3 Å². The molecule has 1 aromatic rings. The highest BCUT2D eigenvalue weighted by Gasteiger charge is 2.24. The zero-order valence-electron chi connectivity index (χ0n) is 10.5. The van der Waals surface area contributed by atoms with Crippen molar-refractivity contribution in [1.29, 1.82) is 0 Å². The SMILES string of the molecule is OCC1CCCCN1c1cc(NC2CC2)ncn1. The van der Waals surface area contributed by atoms with Crippen LogP contribution in [0.5, 0.6) is 0 Å². The van der Waals surface area contributed by atoms with Crippen molar-refractivity contribution >= 4 is 11.6 Å². The maximum Gasteiger partial charge on any atom is 0.134 e. The van der Waals surface area contributed by atoms with Crippen molar-refractivity contribution in [1.82, 2.24) is 9.97 Å². The summed E-state index contributed by atoms with van der Waals surface area (Å²) in [6, 6.07) is 2.82. The molecule has 1 saturated heterocycles. The van der Waals surface area contributed by atoms with Crippen molar-refractivity contribution in [2.24, 2.45) is 0 Å². The highest BCUT2D eigenvalue weighted by molar-refractivity contribution is 5.50. The van der Waals surface area contributed by atoms with Crippen LogP contribution in [0.1, 0.15) is 32.1 Å². The number of hydrogen-bond donors (Lipinski definition) is 2. The minimum Gasteiger partial charge on any atom is -0.394 e. The standard InChI is InChI=1S/C13H20N4O/c18-8-11-3-1-2-6-17(11)13-7-12(14-9-15-13)16-10-4-5-10/h7,9-11,18H,1-6,8H2,(H,14,15,16). The Bertz CT molecular complexity index is 408. The number of anilines is 2. The lowest BCUT2D eigenvalue weighted by molar-refractivity contribution is 0.239. The van der Waals surface area contributed by atoms with E-state index in [0.717, 1.165) is 24.6 Å². The van der Waals surface area contributed by atoms with Gasteiger partial charge in [-0.25, -0.2) is 9.97 Å². The third-order valence-electron chi connectivity index (χ3n) is 3.71. The molecular weight excluding hydrogens is 228 g/mol. The van der Waals surface area contributed by atoms with E-state index in [1.165, 1.54) is 25.7 Å². The molecule has 2 N–H and O–H groups in total. The smallest absolute Gasteiger partial charge is 0.134 e. The normalized spacial score (nSPS) is 24.1. The molecule has 1 aliphatic heterocycles. The van der Waals surface area contributed by atoms with E-state index in [1.807, 2.05) is 6.07 Å². The van der Waals surface area contributed by atoms with Crippen LogP contribution in [0.2, 0.25) is 0 Å². The molecule has 98 valence electrons. The summed E-state index contributed by atoms with van der Waals surface area (Å²) in [7, 11) is 0. The van der Waals surface area contributed by atoms with Gasteiger partial charge in [-0.3, -0.25) is 0 Å². The Labute approximate surface area is 107 Å². The summed E-state index contributed by atoms with van der Waals surface area (Å²) in [5, 5.41) is 12.8. The molecule has 1 atom stereocenters. The first-order valence-electron chi connectivity index (χ1n) is 6.83. The molecule has 2 aliphatic rings. The van der Waals surface area contributed by atoms with Gasteiger partial charge in [0, 0.05) is 18.7 Å². The summed E-state index contributed by atoms with van der Waals surface area (Å²) >= 11 is 0. The maximum atomic E-state index is 9.45. The fraction of sp³-hybridized carbons (Fsp3) is 0.692. The molecule has 2 heterocycles. The highest BCUT2D eigenvalue weighted by Crippen LogP contribution is 2.27. The van der Waals surface area contributed by atoms with Crippen LogP contribution in [0.15, 0.2) is 12.4 Å². The third kappa shape index (κ3) is 2.56. The molecule has 1 saturated carbocycles. The molecule has 0 radical (unpaired) electrons. The molecule has 18 heavy (non-hydrogen) atoms. The Morgan fingerprint density at radius 1 is 1.28 bits per heavy atom. The lowest BCUT2D eigenvalue weighted by Gasteiger charge is -2.35. The second-order valence-corrected chi connectivity index (χ2v) is 5.21. The number of nitrogens with zero attached hydrogens (tertiary/aromatic N) is 3. The first kappa shape index (κ1) is 11.7. The molecule has 0 amide bonds. The minimum absolute atomic E-state index is 0.204. The molecule has 0 bridgehead atoms. The van der Waals surface area contributed by atoms with Crippen molar-refractivity contribution in [3.8, 4) is 0 Å². The van der Waals surface area contributed by atoms with Crippen LogP contribution in [-0.4, -0.2) is 40.3 Å². The molecule has 1 aliphatic carbocycles. The van der Waals surface area contributed by atoms with Crippen LogP contribution in [0.3, 0.4) is 0 Å². The first-order valence-corrected chi connectivity index (χ1v) is 6.83. The summed E-state index contributed by atoms with van der Waals surface area (Å²) in [5.74, 6) is 1.84. The lowest BCUT2D eigenvalue weighted by Crippen LogP contribution is -2.42. The zero-order chi connectivity index (χ0) is 12.4. The van der Waals surface area contributed by atoms with Crippen molar-refractivity contribution in [2.45, 2.75) is 44.2 Å². The predicted molar refractivity (Wildman–Crippen MR) is 70.7 cm³/mol. The van der Waals surface area contributed by atoms with Gasteiger partial charge in [0.2, 0.25) is 0 Å². The van der Waals surface area contributed by atoms with Crippen LogP contribution in [0.4, 0.5) is 11.6 Å². The Balaban J connectivity index is 1.76. The van der Waals surface area contributed by atoms with Crippen LogP contribution in [0.25, 0.3) is 0 Å². The Kier molecular flexibility index (Phi) is 3.32. The van der Waals surface area contributed by atoms with Gasteiger partial charge in [-0.1, -0.05) is 0 Å². The van der Waals surface area contributed by atoms with E-state index in [4.69, 9.17) is 0 Å². The van der Waals surface area contributed by atoms with Crippen LogP contribution >= 0.6 is 0 Å². The van der Waals surface area contributed by atoms with Gasteiger partial charge in [0.25, 0.3) is 0 Å². The molecular formula is C13H20N4O. The van der Waals surface area contributed by atoms with Gasteiger partial charge in [0.05, 0.1) is 12.6 Å². The van der Waals surface area contributed by atoms with Crippen molar-refractivity contribution < 1.29 is 5.11 Å². The molecule has 1 unspecified atom stereocenters. The summed E-state index contributed by atoms with van der Waals surface area (Å²) in [6.45, 7) is 1.18. The van der Waals surface area contributed by atoms with Gasteiger partial charge >= 0.3 is 0 Å². The van der Waals surface area contributed by atoms with E-state index < -0.39 is 0 Å². The third-order valence-corrected chi connectivity index (χ3v) is 3.71. The fourth-order valence-electron chi connectivity index (χ4n) is 2.51. The van der Waals surface area contributed by atoms with Gasteiger partial charge in [-0.05, 0) is 32.1 Å². The summed E-state index contributed by atoms with van der Waals surface area (Å²) < 4.78 is 0. The Morgan fingerprint density at radius 3 is 2.94 bits per heavy atom. The van der Waals surface area contributed by atoms with E-state index in [9.17, 15) is 5.11 Å². The molecule has 0 spiro atoms. The molecule has 2 fully saturated rings. The van der Waals surface area contributed by atoms with Crippen molar-refractivity contribution in [2.75, 3.05) is 23.4 Å². The Hall–Kier alpha value is -1.36. The number of aromatic nitrogens is 2. The Morgan fingerprint density at radius 2 is 2.17 bits per heavy atom. The number of hydrogen-bond acceptors (Lipinski definition) is 5. The van der Waals surface area contributed by atoms with E-state index >= 15 is 0 Å². The lowest BCUT2D eigenvalue weighted by atomic mass is 10.0. The van der Waals surface area contributed by atoms with Crippen LogP contribution < -0.4 is 10.2 Å². The van der Waals surface area contributed by atoms with Gasteiger partial charge in [0.1, 0.15) is 18.0 Å². The predicted octanol–water partition coefficient (Wildman–Crippen LogP) is 1.40. The van der Waals surface area contributed by atoms with Crippen molar-refractivity contribution in [3.63, 3.8) is 0 Å². The first-order chi connectivity index (χ1) is 8.86. The van der Waals surface area contributed by atoms with Gasteiger partial charge in [0.15, 0.2) is 0 Å². The topological polar surface area (TPSA) is 61.3 Å². The van der Waals surface area contributed by atoms with E-state index in [0.29, 0.717) is 6.04 Å².